The van der Waals surface area contributed by atoms with Crippen LogP contribution in [0.1, 0.15) is 29.6 Å². The Bertz CT molecular complexity index is 1280. The number of ketones is 1. The number of hydrogen-bond acceptors (Lipinski definition) is 7. The summed E-state index contributed by atoms with van der Waals surface area (Å²) in [6.45, 7) is 5.23. The first kappa shape index (κ1) is 27.0. The molecule has 1 aliphatic heterocycles. The van der Waals surface area contributed by atoms with Gasteiger partial charge in [0.15, 0.2) is 10.9 Å². The Morgan fingerprint density at radius 2 is 1.78 bits per heavy atom. The quantitative estimate of drug-likeness (QED) is 0.168. The number of nitrogens with one attached hydrogen (secondary N) is 1. The zero-order chi connectivity index (χ0) is 26.0. The molecular weight excluding hydrogens is 495 g/mol. The van der Waals surface area contributed by atoms with Crippen molar-refractivity contribution in [3.8, 4) is 0 Å². The Kier molecular flexibility index (Phi) is 9.81. The number of ether oxygens (including phenoxy) is 1. The van der Waals surface area contributed by atoms with Gasteiger partial charge in [0.1, 0.15) is 5.82 Å². The first-order valence-corrected chi connectivity index (χ1v) is 13.5. The van der Waals surface area contributed by atoms with Gasteiger partial charge in [-0.2, -0.15) is 0 Å². The van der Waals surface area contributed by atoms with Crippen LogP contribution in [-0.4, -0.2) is 71.3 Å². The number of rotatable bonds is 12. The number of amides is 1. The van der Waals surface area contributed by atoms with Crippen molar-refractivity contribution in [1.82, 2.24) is 19.8 Å². The van der Waals surface area contributed by atoms with Crippen LogP contribution in [0.2, 0.25) is 0 Å². The second-order valence-electron chi connectivity index (χ2n) is 8.85. The number of halogens is 1. The number of para-hydroxylation sites is 1. The van der Waals surface area contributed by atoms with Gasteiger partial charge in [0.25, 0.3) is 5.56 Å². The Hall–Kier alpha value is -3.08. The summed E-state index contributed by atoms with van der Waals surface area (Å²) < 4.78 is 20.1. The molecule has 0 unspecified atom stereocenters. The molecule has 0 radical (unpaired) electrons. The van der Waals surface area contributed by atoms with Gasteiger partial charge in [0, 0.05) is 38.2 Å². The summed E-state index contributed by atoms with van der Waals surface area (Å²) in [6, 6.07) is 12.5. The van der Waals surface area contributed by atoms with E-state index in [1.807, 2.05) is 0 Å². The molecule has 4 rings (SSSR count). The molecule has 0 bridgehead atoms. The molecule has 1 aliphatic rings. The minimum Gasteiger partial charge on any atom is -0.379 e. The molecule has 1 N–H and O–H groups in total. The SMILES string of the molecule is O=C(CCCn1c(SCC(=O)c2ccc(F)cc2)nc2ccccc2c1=O)NCCCN1CCOCC1. The molecule has 10 heteroatoms. The number of hydrogen-bond donors (Lipinski definition) is 1. The smallest absolute Gasteiger partial charge is 0.262 e. The first-order valence-electron chi connectivity index (χ1n) is 12.5. The monoisotopic (exact) mass is 526 g/mol. The second kappa shape index (κ2) is 13.5. The number of morpholine rings is 1. The molecule has 3 aromatic rings. The lowest BCUT2D eigenvalue weighted by Gasteiger charge is -2.26. The van der Waals surface area contributed by atoms with Crippen LogP contribution >= 0.6 is 11.8 Å². The number of carbonyl (C=O) groups is 2. The van der Waals surface area contributed by atoms with Crippen LogP contribution in [0.3, 0.4) is 0 Å². The Morgan fingerprint density at radius 3 is 2.57 bits per heavy atom. The number of fused-ring (bicyclic) bond motifs is 1. The van der Waals surface area contributed by atoms with Crippen LogP contribution in [-0.2, 0) is 16.1 Å². The maximum atomic E-state index is 13.2. The Balaban J connectivity index is 1.34. The van der Waals surface area contributed by atoms with Gasteiger partial charge in [0.05, 0.1) is 29.9 Å². The van der Waals surface area contributed by atoms with Gasteiger partial charge in [-0.25, -0.2) is 9.37 Å². The van der Waals surface area contributed by atoms with E-state index in [1.54, 1.807) is 24.3 Å². The van der Waals surface area contributed by atoms with Gasteiger partial charge in [0.2, 0.25) is 5.91 Å². The molecule has 196 valence electrons. The fraction of sp³-hybridized carbons (Fsp3) is 0.407. The van der Waals surface area contributed by atoms with E-state index in [-0.39, 0.29) is 29.4 Å². The summed E-state index contributed by atoms with van der Waals surface area (Å²) in [6.07, 6.45) is 1.63. The lowest BCUT2D eigenvalue weighted by Crippen LogP contribution is -2.38. The van der Waals surface area contributed by atoms with Gasteiger partial charge in [-0.3, -0.25) is 23.9 Å². The maximum absolute atomic E-state index is 13.2. The number of aromatic nitrogens is 2. The van der Waals surface area contributed by atoms with Gasteiger partial charge >= 0.3 is 0 Å². The summed E-state index contributed by atoms with van der Waals surface area (Å²) >= 11 is 1.17. The van der Waals surface area contributed by atoms with E-state index in [1.165, 1.54) is 40.6 Å². The molecule has 0 aliphatic carbocycles. The van der Waals surface area contributed by atoms with Crippen molar-refractivity contribution in [2.45, 2.75) is 31.0 Å². The Morgan fingerprint density at radius 1 is 1.03 bits per heavy atom. The van der Waals surface area contributed by atoms with E-state index >= 15 is 0 Å². The predicted octanol–water partition coefficient (Wildman–Crippen LogP) is 3.13. The molecule has 8 nitrogen and oxygen atoms in total. The summed E-state index contributed by atoms with van der Waals surface area (Å²) in [5, 5.41) is 3.86. The zero-order valence-electron chi connectivity index (χ0n) is 20.7. The van der Waals surface area contributed by atoms with Crippen molar-refractivity contribution < 1.29 is 18.7 Å². The summed E-state index contributed by atoms with van der Waals surface area (Å²) in [5.74, 6) is -0.588. The molecule has 2 heterocycles. The normalized spacial score (nSPS) is 14.1. The zero-order valence-corrected chi connectivity index (χ0v) is 21.5. The highest BCUT2D eigenvalue weighted by atomic mass is 32.2. The third-order valence-electron chi connectivity index (χ3n) is 6.19. The number of Topliss-reactive ketones (excluding diaryl/α,β-unsaturated/α-hetero) is 1. The van der Waals surface area contributed by atoms with E-state index < -0.39 is 5.82 Å². The summed E-state index contributed by atoms with van der Waals surface area (Å²) in [7, 11) is 0. The maximum Gasteiger partial charge on any atom is 0.262 e. The van der Waals surface area contributed by atoms with Crippen molar-refractivity contribution in [2.24, 2.45) is 0 Å². The van der Waals surface area contributed by atoms with E-state index in [4.69, 9.17) is 4.74 Å². The number of nitrogens with zero attached hydrogens (tertiary/aromatic N) is 3. The fourth-order valence-electron chi connectivity index (χ4n) is 4.15. The van der Waals surface area contributed by atoms with Crippen LogP contribution in [0, 0.1) is 5.82 Å². The third-order valence-corrected chi connectivity index (χ3v) is 7.16. The number of carbonyl (C=O) groups excluding carboxylic acids is 2. The highest BCUT2D eigenvalue weighted by Gasteiger charge is 2.15. The summed E-state index contributed by atoms with van der Waals surface area (Å²) in [4.78, 5) is 45.1. The van der Waals surface area contributed by atoms with Crippen molar-refractivity contribution in [3.63, 3.8) is 0 Å². The molecule has 1 saturated heterocycles. The first-order chi connectivity index (χ1) is 18.0. The standard InChI is InChI=1S/C27H31FN4O4S/c28-21-10-8-20(9-11-21)24(33)19-37-27-30-23-6-2-1-5-22(23)26(35)32(27)14-3-7-25(34)29-12-4-13-31-15-17-36-18-16-31/h1-2,5-6,8-11H,3-4,7,12-19H2,(H,29,34). The van der Waals surface area contributed by atoms with Crippen LogP contribution < -0.4 is 10.9 Å². The number of thioether (sulfide) groups is 1. The largest absolute Gasteiger partial charge is 0.379 e. The van der Waals surface area contributed by atoms with E-state index in [0.29, 0.717) is 41.1 Å². The van der Waals surface area contributed by atoms with Crippen LogP contribution in [0.4, 0.5) is 4.39 Å². The van der Waals surface area contributed by atoms with E-state index in [2.05, 4.69) is 15.2 Å². The lowest BCUT2D eigenvalue weighted by atomic mass is 10.1. The van der Waals surface area contributed by atoms with Gasteiger partial charge in [-0.05, 0) is 55.8 Å². The molecular formula is C27H31FN4O4S. The van der Waals surface area contributed by atoms with Gasteiger partial charge < -0.3 is 10.1 Å². The van der Waals surface area contributed by atoms with Crippen LogP contribution in [0.5, 0.6) is 0 Å². The highest BCUT2D eigenvalue weighted by molar-refractivity contribution is 7.99. The minimum atomic E-state index is -0.407. The average Bonchev–Trinajstić information content (AvgIpc) is 2.92. The van der Waals surface area contributed by atoms with Crippen molar-refractivity contribution in [2.75, 3.05) is 45.1 Å². The average molecular weight is 527 g/mol. The molecule has 37 heavy (non-hydrogen) atoms. The van der Waals surface area contributed by atoms with E-state index in [9.17, 15) is 18.8 Å². The second-order valence-corrected chi connectivity index (χ2v) is 9.79. The topological polar surface area (TPSA) is 93.5 Å². The molecule has 0 atom stereocenters. The lowest BCUT2D eigenvalue weighted by molar-refractivity contribution is -0.121. The molecule has 1 amide bonds. The fourth-order valence-corrected chi connectivity index (χ4v) is 5.07. The molecule has 1 aromatic heterocycles. The van der Waals surface area contributed by atoms with Crippen LogP contribution in [0.25, 0.3) is 10.9 Å². The number of benzene rings is 2. The van der Waals surface area contributed by atoms with Crippen molar-refractivity contribution in [1.29, 1.82) is 0 Å². The van der Waals surface area contributed by atoms with Gasteiger partial charge in [-0.15, -0.1) is 0 Å². The van der Waals surface area contributed by atoms with Gasteiger partial charge in [-0.1, -0.05) is 23.9 Å². The third kappa shape index (κ3) is 7.70. The van der Waals surface area contributed by atoms with Crippen molar-refractivity contribution >= 4 is 34.4 Å². The minimum absolute atomic E-state index is 0.0514. The molecule has 0 saturated carbocycles. The summed E-state index contributed by atoms with van der Waals surface area (Å²) in [5.41, 5.74) is 0.751. The molecule has 2 aromatic carbocycles. The Labute approximate surface area is 219 Å². The molecule has 1 fully saturated rings. The van der Waals surface area contributed by atoms with Crippen molar-refractivity contribution in [3.05, 3.63) is 70.3 Å². The predicted molar refractivity (Wildman–Crippen MR) is 142 cm³/mol. The highest BCUT2D eigenvalue weighted by Crippen LogP contribution is 2.20. The van der Waals surface area contributed by atoms with E-state index in [0.717, 1.165) is 39.3 Å². The molecule has 0 spiro atoms. The van der Waals surface area contributed by atoms with Crippen LogP contribution in [0.15, 0.2) is 58.5 Å².